The zero-order valence-electron chi connectivity index (χ0n) is 14.6. The molecule has 0 fully saturated rings. The Bertz CT molecular complexity index is 948. The van der Waals surface area contributed by atoms with Gasteiger partial charge >= 0.3 is 5.97 Å². The van der Waals surface area contributed by atoms with Crippen molar-refractivity contribution in [3.63, 3.8) is 0 Å². The molecule has 0 saturated heterocycles. The number of ether oxygens (including phenoxy) is 2. The lowest BCUT2D eigenvalue weighted by Crippen LogP contribution is -2.02. The van der Waals surface area contributed by atoms with Gasteiger partial charge in [-0.25, -0.2) is 4.39 Å². The summed E-state index contributed by atoms with van der Waals surface area (Å²) in [4.78, 5) is 14.4. The first-order valence-corrected chi connectivity index (χ1v) is 8.46. The minimum absolute atomic E-state index is 0.212. The van der Waals surface area contributed by atoms with Gasteiger partial charge in [-0.1, -0.05) is 12.1 Å². The van der Waals surface area contributed by atoms with E-state index in [1.54, 1.807) is 24.3 Å². The largest absolute Gasteiger partial charge is 0.490 e. The summed E-state index contributed by atoms with van der Waals surface area (Å²) < 4.78 is 25.4. The lowest BCUT2D eigenvalue weighted by Gasteiger charge is -2.12. The quantitative estimate of drug-likeness (QED) is 0.657. The highest BCUT2D eigenvalue weighted by Gasteiger charge is 2.19. The van der Waals surface area contributed by atoms with Crippen molar-refractivity contribution in [1.29, 1.82) is 0 Å². The van der Waals surface area contributed by atoms with E-state index in [9.17, 15) is 14.3 Å². The van der Waals surface area contributed by atoms with Crippen LogP contribution in [0.1, 0.15) is 19.4 Å². The molecule has 136 valence electrons. The fraction of sp³-hybridized carbons (Fsp3) is 0.250. The third-order valence-electron chi connectivity index (χ3n) is 4.05. The number of nitrogens with one attached hydrogen (secondary N) is 1. The predicted molar refractivity (Wildman–Crippen MR) is 97.4 cm³/mol. The van der Waals surface area contributed by atoms with Gasteiger partial charge < -0.3 is 19.6 Å². The first kappa shape index (κ1) is 17.8. The fourth-order valence-electron chi connectivity index (χ4n) is 3.03. The Labute approximate surface area is 150 Å². The molecule has 3 aromatic rings. The van der Waals surface area contributed by atoms with Crippen molar-refractivity contribution in [1.82, 2.24) is 4.98 Å². The SMILES string of the molecule is CCOc1ccc(-c2[nH]c3c(F)cccc3c2CC(=O)O)cc1OCC. The Morgan fingerprint density at radius 3 is 2.54 bits per heavy atom. The molecule has 2 aromatic carbocycles. The minimum Gasteiger partial charge on any atom is -0.490 e. The number of hydrogen-bond acceptors (Lipinski definition) is 3. The monoisotopic (exact) mass is 357 g/mol. The van der Waals surface area contributed by atoms with Crippen molar-refractivity contribution in [3.05, 3.63) is 47.8 Å². The second kappa shape index (κ2) is 7.47. The molecule has 6 heteroatoms. The molecule has 0 bridgehead atoms. The number of carbonyl (C=O) groups is 1. The molecule has 0 aliphatic rings. The van der Waals surface area contributed by atoms with E-state index in [0.717, 1.165) is 0 Å². The Morgan fingerprint density at radius 2 is 1.85 bits per heavy atom. The summed E-state index contributed by atoms with van der Waals surface area (Å²) in [6.45, 7) is 4.72. The average Bonchev–Trinajstić information content (AvgIpc) is 2.96. The van der Waals surface area contributed by atoms with Crippen molar-refractivity contribution in [3.8, 4) is 22.8 Å². The van der Waals surface area contributed by atoms with Gasteiger partial charge in [0, 0.05) is 10.9 Å². The van der Waals surface area contributed by atoms with Crippen molar-refractivity contribution < 1.29 is 23.8 Å². The van der Waals surface area contributed by atoms with Gasteiger partial charge in [-0.3, -0.25) is 4.79 Å². The number of aromatic nitrogens is 1. The maximum Gasteiger partial charge on any atom is 0.307 e. The lowest BCUT2D eigenvalue weighted by molar-refractivity contribution is -0.136. The van der Waals surface area contributed by atoms with E-state index in [-0.39, 0.29) is 6.42 Å². The van der Waals surface area contributed by atoms with Gasteiger partial charge in [0.15, 0.2) is 11.5 Å². The molecule has 0 spiro atoms. The number of fused-ring (bicyclic) bond motifs is 1. The molecule has 1 heterocycles. The Kier molecular flexibility index (Phi) is 5.11. The molecular weight excluding hydrogens is 337 g/mol. The average molecular weight is 357 g/mol. The second-order valence-corrected chi connectivity index (χ2v) is 5.74. The van der Waals surface area contributed by atoms with E-state index in [4.69, 9.17) is 9.47 Å². The molecular formula is C20H20FNO4. The van der Waals surface area contributed by atoms with E-state index < -0.39 is 11.8 Å². The molecule has 5 nitrogen and oxygen atoms in total. The summed E-state index contributed by atoms with van der Waals surface area (Å²) in [6.07, 6.45) is -0.212. The number of aliphatic carboxylic acids is 1. The third kappa shape index (κ3) is 3.35. The van der Waals surface area contributed by atoms with Gasteiger partial charge in [0.25, 0.3) is 0 Å². The highest BCUT2D eigenvalue weighted by atomic mass is 19.1. The van der Waals surface area contributed by atoms with Crippen LogP contribution in [-0.4, -0.2) is 29.3 Å². The number of carboxylic acids is 1. The number of hydrogen-bond donors (Lipinski definition) is 2. The zero-order valence-corrected chi connectivity index (χ0v) is 14.6. The van der Waals surface area contributed by atoms with Gasteiger partial charge in [-0.05, 0) is 43.7 Å². The van der Waals surface area contributed by atoms with Gasteiger partial charge in [0.2, 0.25) is 0 Å². The molecule has 0 radical (unpaired) electrons. The molecule has 2 N–H and O–H groups in total. The van der Waals surface area contributed by atoms with Crippen LogP contribution in [-0.2, 0) is 11.2 Å². The van der Waals surface area contributed by atoms with Gasteiger partial charge in [0.1, 0.15) is 5.82 Å². The summed E-state index contributed by atoms with van der Waals surface area (Å²) in [5.41, 5.74) is 2.12. The molecule has 0 saturated carbocycles. The third-order valence-corrected chi connectivity index (χ3v) is 4.05. The van der Waals surface area contributed by atoms with Crippen molar-refractivity contribution >= 4 is 16.9 Å². The Balaban J connectivity index is 2.19. The van der Waals surface area contributed by atoms with Crippen LogP contribution in [0.2, 0.25) is 0 Å². The number of benzene rings is 2. The molecule has 3 rings (SSSR count). The summed E-state index contributed by atoms with van der Waals surface area (Å²) in [6, 6.07) is 10.00. The van der Waals surface area contributed by atoms with Crippen LogP contribution in [0, 0.1) is 5.82 Å². The molecule has 26 heavy (non-hydrogen) atoms. The van der Waals surface area contributed by atoms with E-state index in [2.05, 4.69) is 4.98 Å². The van der Waals surface area contributed by atoms with Crippen LogP contribution < -0.4 is 9.47 Å². The molecule has 1 aromatic heterocycles. The van der Waals surface area contributed by atoms with E-state index in [1.807, 2.05) is 19.9 Å². The number of H-pyrrole nitrogens is 1. The molecule has 0 atom stereocenters. The van der Waals surface area contributed by atoms with Gasteiger partial charge in [0.05, 0.1) is 30.8 Å². The number of rotatable bonds is 7. The van der Waals surface area contributed by atoms with Crippen LogP contribution in [0.3, 0.4) is 0 Å². The van der Waals surface area contributed by atoms with Gasteiger partial charge in [-0.2, -0.15) is 0 Å². The molecule has 0 aliphatic heterocycles. The highest BCUT2D eigenvalue weighted by molar-refractivity contribution is 5.94. The van der Waals surface area contributed by atoms with Crippen LogP contribution >= 0.6 is 0 Å². The maximum absolute atomic E-state index is 14.2. The summed E-state index contributed by atoms with van der Waals surface area (Å²) in [7, 11) is 0. The zero-order chi connectivity index (χ0) is 18.7. The van der Waals surface area contributed by atoms with E-state index in [1.165, 1.54) is 6.07 Å². The summed E-state index contributed by atoms with van der Waals surface area (Å²) in [5.74, 6) is -0.226. The number of halogens is 1. The van der Waals surface area contributed by atoms with Crippen molar-refractivity contribution in [2.24, 2.45) is 0 Å². The highest BCUT2D eigenvalue weighted by Crippen LogP contribution is 2.37. The van der Waals surface area contributed by atoms with Crippen LogP contribution in [0.5, 0.6) is 11.5 Å². The molecule has 0 unspecified atom stereocenters. The van der Waals surface area contributed by atoms with E-state index in [0.29, 0.717) is 52.4 Å². The smallest absolute Gasteiger partial charge is 0.307 e. The first-order chi connectivity index (χ1) is 12.5. The fourth-order valence-corrected chi connectivity index (χ4v) is 3.03. The second-order valence-electron chi connectivity index (χ2n) is 5.74. The topological polar surface area (TPSA) is 71.6 Å². The molecule has 0 amide bonds. The molecule has 0 aliphatic carbocycles. The minimum atomic E-state index is -0.979. The van der Waals surface area contributed by atoms with Crippen molar-refractivity contribution in [2.75, 3.05) is 13.2 Å². The number of para-hydroxylation sites is 1. The van der Waals surface area contributed by atoms with E-state index >= 15 is 0 Å². The van der Waals surface area contributed by atoms with Crippen LogP contribution in [0.15, 0.2) is 36.4 Å². The van der Waals surface area contributed by atoms with Crippen LogP contribution in [0.4, 0.5) is 4.39 Å². The van der Waals surface area contributed by atoms with Crippen molar-refractivity contribution in [2.45, 2.75) is 20.3 Å². The summed E-state index contributed by atoms with van der Waals surface area (Å²) in [5, 5.41) is 9.85. The Hall–Kier alpha value is -3.02. The number of carboxylic acid groups (broad SMARTS) is 1. The number of aromatic amines is 1. The standard InChI is InChI=1S/C20H20FNO4/c1-3-25-16-9-8-12(10-17(16)26-4-2)19-14(11-18(23)24)13-6-5-7-15(21)20(13)22-19/h5-10,22H,3-4,11H2,1-2H3,(H,23,24). The first-order valence-electron chi connectivity index (χ1n) is 8.46. The van der Waals surface area contributed by atoms with Crippen LogP contribution in [0.25, 0.3) is 22.2 Å². The van der Waals surface area contributed by atoms with Gasteiger partial charge in [-0.15, -0.1) is 0 Å². The maximum atomic E-state index is 14.2. The predicted octanol–water partition coefficient (Wildman–Crippen LogP) is 4.40. The lowest BCUT2D eigenvalue weighted by atomic mass is 10.0. The summed E-state index contributed by atoms with van der Waals surface area (Å²) >= 11 is 0. The normalized spacial score (nSPS) is 10.9. The Morgan fingerprint density at radius 1 is 1.12 bits per heavy atom.